The summed E-state index contributed by atoms with van der Waals surface area (Å²) in [5.74, 6) is 0.600. The molecule has 0 saturated carbocycles. The van der Waals surface area contributed by atoms with Gasteiger partial charge in [-0.15, -0.1) is 11.3 Å². The predicted molar refractivity (Wildman–Crippen MR) is 76.5 cm³/mol. The molecular formula is C13H15N5OS. The van der Waals surface area contributed by atoms with Crippen LogP contribution in [-0.2, 0) is 0 Å². The summed E-state index contributed by atoms with van der Waals surface area (Å²) in [5, 5.41) is 4.00. The topological polar surface area (TPSA) is 71.0 Å². The zero-order valence-electron chi connectivity index (χ0n) is 11.1. The number of rotatable bonds is 2. The summed E-state index contributed by atoms with van der Waals surface area (Å²) < 4.78 is 0. The molecule has 20 heavy (non-hydrogen) atoms. The second kappa shape index (κ2) is 5.64. The molecule has 0 bridgehead atoms. The van der Waals surface area contributed by atoms with Crippen molar-refractivity contribution in [2.75, 3.05) is 19.6 Å². The molecule has 1 amide bonds. The van der Waals surface area contributed by atoms with Gasteiger partial charge < -0.3 is 10.2 Å². The number of amides is 1. The van der Waals surface area contributed by atoms with Crippen LogP contribution in [0.2, 0.25) is 0 Å². The molecule has 0 aliphatic carbocycles. The van der Waals surface area contributed by atoms with Crippen LogP contribution in [0.5, 0.6) is 0 Å². The molecule has 7 heteroatoms. The number of carbonyl (C=O) groups is 1. The van der Waals surface area contributed by atoms with Crippen LogP contribution in [0.4, 0.5) is 0 Å². The van der Waals surface area contributed by atoms with Crippen molar-refractivity contribution < 1.29 is 4.79 Å². The van der Waals surface area contributed by atoms with Gasteiger partial charge in [-0.2, -0.15) is 0 Å². The van der Waals surface area contributed by atoms with Gasteiger partial charge in [-0.05, 0) is 13.0 Å². The molecule has 1 N–H and O–H groups in total. The van der Waals surface area contributed by atoms with Gasteiger partial charge in [-0.3, -0.25) is 4.79 Å². The second-order valence-corrected chi connectivity index (χ2v) is 5.74. The van der Waals surface area contributed by atoms with Crippen LogP contribution in [0.1, 0.15) is 16.6 Å². The number of hydrogen-bond donors (Lipinski definition) is 1. The molecule has 0 spiro atoms. The normalized spacial score (nSPS) is 19.1. The number of nitrogens with zero attached hydrogens (tertiary/aromatic N) is 4. The van der Waals surface area contributed by atoms with Gasteiger partial charge in [0.2, 0.25) is 0 Å². The van der Waals surface area contributed by atoms with Crippen molar-refractivity contribution in [1.29, 1.82) is 0 Å². The average molecular weight is 289 g/mol. The lowest BCUT2D eigenvalue weighted by Gasteiger charge is -2.31. The Labute approximate surface area is 120 Å². The molecule has 0 aromatic carbocycles. The van der Waals surface area contributed by atoms with Crippen LogP contribution in [0.3, 0.4) is 0 Å². The smallest absolute Gasteiger partial charge is 0.265 e. The maximum atomic E-state index is 12.4. The summed E-state index contributed by atoms with van der Waals surface area (Å²) in [7, 11) is 0. The van der Waals surface area contributed by atoms with Crippen molar-refractivity contribution in [3.05, 3.63) is 29.5 Å². The Bertz CT molecular complexity index is 600. The van der Waals surface area contributed by atoms with E-state index in [2.05, 4.69) is 27.2 Å². The Morgan fingerprint density at radius 2 is 2.20 bits per heavy atom. The van der Waals surface area contributed by atoms with Crippen molar-refractivity contribution in [2.24, 2.45) is 0 Å². The zero-order valence-corrected chi connectivity index (χ0v) is 11.9. The van der Waals surface area contributed by atoms with Crippen LogP contribution < -0.4 is 5.32 Å². The number of carbonyl (C=O) groups excluding carboxylic acids is 1. The summed E-state index contributed by atoms with van der Waals surface area (Å²) in [6.07, 6.45) is 4.96. The Hall–Kier alpha value is -1.86. The minimum Gasteiger partial charge on any atom is -0.335 e. The van der Waals surface area contributed by atoms with Gasteiger partial charge in [0, 0.05) is 38.1 Å². The van der Waals surface area contributed by atoms with Gasteiger partial charge in [0.25, 0.3) is 5.91 Å². The predicted octanol–water partition coefficient (Wildman–Crippen LogP) is 1.03. The van der Waals surface area contributed by atoms with Crippen molar-refractivity contribution in [1.82, 2.24) is 25.2 Å². The molecule has 1 aliphatic heterocycles. The van der Waals surface area contributed by atoms with E-state index < -0.39 is 0 Å². The number of aromatic nitrogens is 3. The lowest BCUT2D eigenvalue weighted by molar-refractivity contribution is 0.0714. The van der Waals surface area contributed by atoms with Gasteiger partial charge in [-0.1, -0.05) is 0 Å². The third-order valence-electron chi connectivity index (χ3n) is 3.13. The van der Waals surface area contributed by atoms with E-state index in [4.69, 9.17) is 0 Å². The molecule has 1 atom stereocenters. The maximum absolute atomic E-state index is 12.4. The SMILES string of the molecule is C[C@@H]1CN(C(=O)c2cnc(-c3ncccn3)s2)CCN1. The molecular weight excluding hydrogens is 274 g/mol. The standard InChI is InChI=1S/C13H15N5OS/c1-9-8-18(6-5-14-9)13(19)10-7-17-12(20-10)11-15-3-2-4-16-11/h2-4,7,9,14H,5-6,8H2,1H3/t9-/m1/s1. The molecule has 1 saturated heterocycles. The van der Waals surface area contributed by atoms with Crippen molar-refractivity contribution in [3.63, 3.8) is 0 Å². The lowest BCUT2D eigenvalue weighted by atomic mass is 10.2. The minimum absolute atomic E-state index is 0.0398. The van der Waals surface area contributed by atoms with E-state index in [1.165, 1.54) is 11.3 Å². The van der Waals surface area contributed by atoms with Crippen molar-refractivity contribution in [3.8, 4) is 10.8 Å². The number of nitrogens with one attached hydrogen (secondary N) is 1. The van der Waals surface area contributed by atoms with E-state index in [0.717, 1.165) is 19.6 Å². The van der Waals surface area contributed by atoms with Gasteiger partial charge in [-0.25, -0.2) is 15.0 Å². The van der Waals surface area contributed by atoms with Crippen LogP contribution >= 0.6 is 11.3 Å². The Morgan fingerprint density at radius 3 is 2.95 bits per heavy atom. The minimum atomic E-state index is 0.0398. The largest absolute Gasteiger partial charge is 0.335 e. The fourth-order valence-corrected chi connectivity index (χ4v) is 2.99. The number of thiazole rings is 1. The fourth-order valence-electron chi connectivity index (χ4n) is 2.16. The first-order valence-corrected chi connectivity index (χ1v) is 7.31. The van der Waals surface area contributed by atoms with Crippen LogP contribution in [0, 0.1) is 0 Å². The summed E-state index contributed by atoms with van der Waals surface area (Å²) in [6.45, 7) is 4.38. The third kappa shape index (κ3) is 2.68. The molecule has 1 aliphatic rings. The first kappa shape index (κ1) is 13.1. The molecule has 2 aromatic rings. The summed E-state index contributed by atoms with van der Waals surface area (Å²) >= 11 is 1.34. The van der Waals surface area contributed by atoms with E-state index in [9.17, 15) is 4.79 Å². The first-order valence-electron chi connectivity index (χ1n) is 6.50. The van der Waals surface area contributed by atoms with Crippen molar-refractivity contribution >= 4 is 17.2 Å². The quantitative estimate of drug-likeness (QED) is 0.894. The molecule has 104 valence electrons. The first-order chi connectivity index (χ1) is 9.74. The molecule has 0 radical (unpaired) electrons. The molecule has 3 rings (SSSR count). The second-order valence-electron chi connectivity index (χ2n) is 4.71. The highest BCUT2D eigenvalue weighted by Gasteiger charge is 2.23. The molecule has 6 nitrogen and oxygen atoms in total. The van der Waals surface area contributed by atoms with Crippen molar-refractivity contribution in [2.45, 2.75) is 13.0 Å². The Kier molecular flexibility index (Phi) is 3.70. The van der Waals surface area contributed by atoms with E-state index in [0.29, 0.717) is 21.8 Å². The molecule has 3 heterocycles. The molecule has 2 aromatic heterocycles. The Morgan fingerprint density at radius 1 is 1.40 bits per heavy atom. The lowest BCUT2D eigenvalue weighted by Crippen LogP contribution is -2.51. The average Bonchev–Trinajstić information content (AvgIpc) is 2.97. The number of hydrogen-bond acceptors (Lipinski definition) is 6. The third-order valence-corrected chi connectivity index (χ3v) is 4.11. The molecule has 0 unspecified atom stereocenters. The summed E-state index contributed by atoms with van der Waals surface area (Å²) in [6, 6.07) is 2.09. The monoisotopic (exact) mass is 289 g/mol. The van der Waals surface area contributed by atoms with Crippen LogP contribution in [-0.4, -0.2) is 51.4 Å². The summed E-state index contributed by atoms with van der Waals surface area (Å²) in [5.41, 5.74) is 0. The van der Waals surface area contributed by atoms with Gasteiger partial charge in [0.15, 0.2) is 10.8 Å². The highest BCUT2D eigenvalue weighted by Crippen LogP contribution is 2.23. The van der Waals surface area contributed by atoms with Crippen LogP contribution in [0.25, 0.3) is 10.8 Å². The van der Waals surface area contributed by atoms with E-state index in [1.54, 1.807) is 24.7 Å². The number of piperazine rings is 1. The van der Waals surface area contributed by atoms with Gasteiger partial charge in [0.1, 0.15) is 4.88 Å². The fraction of sp³-hybridized carbons (Fsp3) is 0.385. The van der Waals surface area contributed by atoms with E-state index in [1.807, 2.05) is 4.90 Å². The zero-order chi connectivity index (χ0) is 13.9. The highest BCUT2D eigenvalue weighted by molar-refractivity contribution is 7.16. The summed E-state index contributed by atoms with van der Waals surface area (Å²) in [4.78, 5) is 27.5. The van der Waals surface area contributed by atoms with Gasteiger partial charge in [0.05, 0.1) is 6.20 Å². The maximum Gasteiger partial charge on any atom is 0.265 e. The van der Waals surface area contributed by atoms with E-state index in [-0.39, 0.29) is 5.91 Å². The van der Waals surface area contributed by atoms with E-state index >= 15 is 0 Å². The Balaban J connectivity index is 1.78. The highest BCUT2D eigenvalue weighted by atomic mass is 32.1. The van der Waals surface area contributed by atoms with Crippen LogP contribution in [0.15, 0.2) is 24.7 Å². The van der Waals surface area contributed by atoms with Gasteiger partial charge >= 0.3 is 0 Å². The molecule has 1 fully saturated rings.